The fourth-order valence-electron chi connectivity index (χ4n) is 1.86. The van der Waals surface area contributed by atoms with Crippen molar-refractivity contribution in [2.24, 2.45) is 0 Å². The fraction of sp³-hybridized carbons (Fsp3) is 0.214. The van der Waals surface area contributed by atoms with Gasteiger partial charge in [-0.3, -0.25) is 14.9 Å². The number of ether oxygens (including phenoxy) is 1. The maximum atomic E-state index is 13.4. The summed E-state index contributed by atoms with van der Waals surface area (Å²) in [6.07, 6.45) is 0. The average Bonchev–Trinajstić information content (AvgIpc) is 2.74. The van der Waals surface area contributed by atoms with Gasteiger partial charge in [0, 0.05) is 27.5 Å². The molecule has 0 aliphatic heterocycles. The first-order valence-electron chi connectivity index (χ1n) is 6.05. The Morgan fingerprint density at radius 3 is 2.62 bits per heavy atom. The minimum atomic E-state index is -0.993. The minimum Gasteiger partial charge on any atom is -0.485 e. The average molecular weight is 309 g/mol. The number of hydrogen-bond donors (Lipinski definition) is 0. The molecule has 2 aromatic rings. The van der Waals surface area contributed by atoms with E-state index in [4.69, 9.17) is 4.74 Å². The molecule has 0 saturated heterocycles. The van der Waals surface area contributed by atoms with Crippen LogP contribution in [0, 0.1) is 29.8 Å². The lowest BCUT2D eigenvalue weighted by atomic mass is 10.2. The number of halogens is 1. The third-order valence-corrected chi connectivity index (χ3v) is 3.79. The van der Waals surface area contributed by atoms with Crippen LogP contribution in [0.3, 0.4) is 0 Å². The first-order valence-corrected chi connectivity index (χ1v) is 6.87. The first-order chi connectivity index (χ1) is 9.88. The molecule has 0 saturated carbocycles. The Morgan fingerprint density at radius 1 is 1.38 bits per heavy atom. The highest BCUT2D eigenvalue weighted by molar-refractivity contribution is 7.12. The van der Waals surface area contributed by atoms with E-state index in [0.29, 0.717) is 5.56 Å². The van der Waals surface area contributed by atoms with Crippen LogP contribution in [0.5, 0.6) is 5.75 Å². The van der Waals surface area contributed by atoms with Crippen molar-refractivity contribution in [3.05, 3.63) is 55.5 Å². The molecular weight excluding hydrogens is 297 g/mol. The van der Waals surface area contributed by atoms with Gasteiger partial charge >= 0.3 is 5.69 Å². The summed E-state index contributed by atoms with van der Waals surface area (Å²) in [7, 11) is 0. The van der Waals surface area contributed by atoms with Crippen LogP contribution in [0.25, 0.3) is 0 Å². The van der Waals surface area contributed by atoms with E-state index < -0.39 is 16.4 Å². The van der Waals surface area contributed by atoms with Crippen molar-refractivity contribution in [3.8, 4) is 5.75 Å². The van der Waals surface area contributed by atoms with Gasteiger partial charge in [-0.15, -0.1) is 11.3 Å². The fourth-order valence-corrected chi connectivity index (χ4v) is 2.80. The van der Waals surface area contributed by atoms with Crippen molar-refractivity contribution in [1.29, 1.82) is 0 Å². The normalized spacial score (nSPS) is 10.4. The zero-order valence-corrected chi connectivity index (χ0v) is 12.2. The summed E-state index contributed by atoms with van der Waals surface area (Å²) in [5.41, 5.74) is -0.0436. The molecule has 0 atom stereocenters. The highest BCUT2D eigenvalue weighted by Crippen LogP contribution is 2.24. The van der Waals surface area contributed by atoms with Gasteiger partial charge in [0.05, 0.1) is 4.92 Å². The van der Waals surface area contributed by atoms with Crippen molar-refractivity contribution in [1.82, 2.24) is 0 Å². The molecule has 0 fully saturated rings. The van der Waals surface area contributed by atoms with Gasteiger partial charge in [0.25, 0.3) is 0 Å². The SMILES string of the molecule is Cc1cc(C(=O)COc2ccc([N+](=O)[O-])c(F)c2)c(C)s1. The lowest BCUT2D eigenvalue weighted by Crippen LogP contribution is -2.12. The van der Waals surface area contributed by atoms with E-state index in [-0.39, 0.29) is 18.1 Å². The molecule has 1 aromatic heterocycles. The standard InChI is InChI=1S/C14H12FNO4S/c1-8-5-11(9(2)21-8)14(17)7-20-10-3-4-13(16(18)19)12(15)6-10/h3-6H,7H2,1-2H3. The summed E-state index contributed by atoms with van der Waals surface area (Å²) in [6.45, 7) is 3.51. The summed E-state index contributed by atoms with van der Waals surface area (Å²) in [5, 5.41) is 10.5. The Morgan fingerprint density at radius 2 is 2.10 bits per heavy atom. The van der Waals surface area contributed by atoms with Gasteiger partial charge in [-0.05, 0) is 26.0 Å². The van der Waals surface area contributed by atoms with E-state index in [0.717, 1.165) is 21.9 Å². The number of ketones is 1. The Kier molecular flexibility index (Phi) is 4.32. The number of rotatable bonds is 5. The molecule has 7 heteroatoms. The van der Waals surface area contributed by atoms with E-state index >= 15 is 0 Å². The quantitative estimate of drug-likeness (QED) is 0.480. The molecule has 0 aliphatic carbocycles. The summed E-state index contributed by atoms with van der Waals surface area (Å²) in [6, 6.07) is 4.95. The van der Waals surface area contributed by atoms with Crippen LogP contribution in [0.1, 0.15) is 20.1 Å². The maximum absolute atomic E-state index is 13.4. The number of hydrogen-bond acceptors (Lipinski definition) is 5. The van der Waals surface area contributed by atoms with Crippen molar-refractivity contribution < 1.29 is 18.8 Å². The molecule has 0 unspecified atom stereocenters. The number of aryl methyl sites for hydroxylation is 2. The first kappa shape index (κ1) is 15.1. The van der Waals surface area contributed by atoms with Crippen molar-refractivity contribution >= 4 is 22.8 Å². The van der Waals surface area contributed by atoms with Crippen LogP contribution < -0.4 is 4.74 Å². The highest BCUT2D eigenvalue weighted by atomic mass is 32.1. The number of carbonyl (C=O) groups excluding carboxylic acids is 1. The third kappa shape index (κ3) is 3.43. The lowest BCUT2D eigenvalue weighted by molar-refractivity contribution is -0.387. The Balaban J connectivity index is 2.06. The minimum absolute atomic E-state index is 0.0797. The second kappa shape index (κ2) is 6.01. The van der Waals surface area contributed by atoms with Gasteiger partial charge in [-0.25, -0.2) is 0 Å². The molecule has 0 radical (unpaired) electrons. The number of nitro groups is 1. The van der Waals surface area contributed by atoms with Crippen LogP contribution in [-0.4, -0.2) is 17.3 Å². The lowest BCUT2D eigenvalue weighted by Gasteiger charge is -2.05. The van der Waals surface area contributed by atoms with Crippen LogP contribution in [-0.2, 0) is 0 Å². The predicted molar refractivity (Wildman–Crippen MR) is 76.7 cm³/mol. The molecule has 2 rings (SSSR count). The summed E-state index contributed by atoms with van der Waals surface area (Å²) >= 11 is 1.52. The zero-order valence-electron chi connectivity index (χ0n) is 11.4. The molecular formula is C14H12FNO4S. The molecule has 1 aromatic carbocycles. The van der Waals surface area contributed by atoms with Crippen molar-refractivity contribution in [3.63, 3.8) is 0 Å². The van der Waals surface area contributed by atoms with E-state index in [2.05, 4.69) is 0 Å². The number of thiophene rings is 1. The molecule has 5 nitrogen and oxygen atoms in total. The molecule has 0 spiro atoms. The van der Waals surface area contributed by atoms with E-state index in [1.165, 1.54) is 17.4 Å². The second-order valence-electron chi connectivity index (χ2n) is 4.41. The topological polar surface area (TPSA) is 69.4 Å². The predicted octanol–water partition coefficient (Wildman–Crippen LogP) is 3.67. The van der Waals surface area contributed by atoms with E-state index in [9.17, 15) is 19.3 Å². The number of carbonyl (C=O) groups is 1. The summed E-state index contributed by atoms with van der Waals surface area (Å²) in [4.78, 5) is 23.6. The Hall–Kier alpha value is -2.28. The van der Waals surface area contributed by atoms with Gasteiger partial charge in [0.2, 0.25) is 11.6 Å². The highest BCUT2D eigenvalue weighted by Gasteiger charge is 2.16. The van der Waals surface area contributed by atoms with Gasteiger partial charge in [-0.1, -0.05) is 0 Å². The molecule has 110 valence electrons. The van der Waals surface area contributed by atoms with Crippen LogP contribution in [0.2, 0.25) is 0 Å². The van der Waals surface area contributed by atoms with Gasteiger partial charge < -0.3 is 4.74 Å². The third-order valence-electron chi connectivity index (χ3n) is 2.83. The molecule has 0 bridgehead atoms. The van der Waals surface area contributed by atoms with Gasteiger partial charge in [0.1, 0.15) is 5.75 Å². The largest absolute Gasteiger partial charge is 0.485 e. The number of nitrogens with zero attached hydrogens (tertiary/aromatic N) is 1. The van der Waals surface area contributed by atoms with E-state index in [1.807, 2.05) is 13.8 Å². The smallest absolute Gasteiger partial charge is 0.305 e. The molecule has 0 amide bonds. The second-order valence-corrected chi connectivity index (χ2v) is 5.87. The van der Waals surface area contributed by atoms with Crippen LogP contribution in [0.15, 0.2) is 24.3 Å². The molecule has 1 heterocycles. The monoisotopic (exact) mass is 309 g/mol. The molecule has 21 heavy (non-hydrogen) atoms. The maximum Gasteiger partial charge on any atom is 0.305 e. The summed E-state index contributed by atoms with van der Waals surface area (Å²) < 4.78 is 18.6. The Bertz CT molecular complexity index is 711. The number of Topliss-reactive ketones (excluding diaryl/α,β-unsaturated/α-hetero) is 1. The van der Waals surface area contributed by atoms with Gasteiger partial charge in [-0.2, -0.15) is 4.39 Å². The van der Waals surface area contributed by atoms with E-state index in [1.54, 1.807) is 6.07 Å². The number of benzene rings is 1. The van der Waals surface area contributed by atoms with Crippen molar-refractivity contribution in [2.45, 2.75) is 13.8 Å². The van der Waals surface area contributed by atoms with Crippen LogP contribution >= 0.6 is 11.3 Å². The van der Waals surface area contributed by atoms with Gasteiger partial charge in [0.15, 0.2) is 6.61 Å². The van der Waals surface area contributed by atoms with Crippen molar-refractivity contribution in [2.75, 3.05) is 6.61 Å². The number of nitro benzene ring substituents is 1. The zero-order chi connectivity index (χ0) is 15.6. The summed E-state index contributed by atoms with van der Waals surface area (Å²) in [5.74, 6) is -1.13. The molecule has 0 aliphatic rings. The van der Waals surface area contributed by atoms with Crippen LogP contribution in [0.4, 0.5) is 10.1 Å². The Labute approximate surface area is 124 Å². The molecule has 0 N–H and O–H groups in total.